The summed E-state index contributed by atoms with van der Waals surface area (Å²) in [5.74, 6) is -2.00. The number of alkyl halides is 3. The molecule has 0 saturated carbocycles. The fourth-order valence-electron chi connectivity index (χ4n) is 3.71. The van der Waals surface area contributed by atoms with Crippen molar-refractivity contribution >= 4 is 16.9 Å². The lowest BCUT2D eigenvalue weighted by Gasteiger charge is -2.39. The maximum Gasteiger partial charge on any atom is 0.417 e. The van der Waals surface area contributed by atoms with Gasteiger partial charge in [-0.05, 0) is 29.7 Å². The first kappa shape index (κ1) is 16.8. The van der Waals surface area contributed by atoms with Crippen LogP contribution in [-0.4, -0.2) is 22.7 Å². The van der Waals surface area contributed by atoms with Crippen LogP contribution in [0.15, 0.2) is 35.9 Å². The van der Waals surface area contributed by atoms with Crippen molar-refractivity contribution in [2.75, 3.05) is 6.61 Å². The Bertz CT molecular complexity index is 986. The van der Waals surface area contributed by atoms with E-state index >= 15 is 0 Å². The number of hydrogen-bond acceptors (Lipinski definition) is 2. The third-order valence-corrected chi connectivity index (χ3v) is 4.84. The molecule has 4 nitrogen and oxygen atoms in total. The van der Waals surface area contributed by atoms with E-state index in [0.717, 1.165) is 6.07 Å². The Morgan fingerprint density at radius 3 is 2.65 bits per heavy atom. The zero-order chi connectivity index (χ0) is 18.7. The first-order valence-electron chi connectivity index (χ1n) is 7.89. The highest BCUT2D eigenvalue weighted by Gasteiger charge is 2.47. The fraction of sp³-hybridized carbons (Fsp3) is 0.278. The Kier molecular flexibility index (Phi) is 3.52. The molecule has 1 aromatic carbocycles. The number of aromatic nitrogens is 1. The molecular weight excluding hydrogens is 354 g/mol. The second-order valence-electron chi connectivity index (χ2n) is 6.30. The lowest BCUT2D eigenvalue weighted by Crippen LogP contribution is -2.40. The normalized spacial score (nSPS) is 22.1. The number of carboxylic acid groups (broad SMARTS) is 1. The molecule has 0 saturated heterocycles. The molecule has 2 heterocycles. The van der Waals surface area contributed by atoms with Crippen molar-refractivity contribution in [3.05, 3.63) is 58.6 Å². The molecule has 4 rings (SSSR count). The van der Waals surface area contributed by atoms with Crippen LogP contribution in [0.3, 0.4) is 0 Å². The van der Waals surface area contributed by atoms with Crippen molar-refractivity contribution < 1.29 is 32.2 Å². The standard InChI is InChI=1S/C18H13F4NO3/c19-12-5-4-11(18(20,21)22)14-10-6-7-26-17(8-13(24)25,9-2-1-3-9)16(10)23-15(12)14/h1-5,23H,6-8H2,(H,24,25). The molecule has 8 heteroatoms. The third kappa shape index (κ3) is 2.28. The van der Waals surface area contributed by atoms with Gasteiger partial charge in [0, 0.05) is 5.39 Å². The van der Waals surface area contributed by atoms with Crippen LogP contribution < -0.4 is 0 Å². The van der Waals surface area contributed by atoms with Gasteiger partial charge in [-0.25, -0.2) is 4.39 Å². The number of carboxylic acids is 1. The molecule has 26 heavy (non-hydrogen) atoms. The molecule has 1 aromatic heterocycles. The van der Waals surface area contributed by atoms with Crippen LogP contribution >= 0.6 is 0 Å². The molecule has 1 aliphatic heterocycles. The van der Waals surface area contributed by atoms with Crippen molar-refractivity contribution in [2.45, 2.75) is 24.6 Å². The molecule has 1 atom stereocenters. The van der Waals surface area contributed by atoms with Gasteiger partial charge in [0.25, 0.3) is 0 Å². The first-order valence-corrected chi connectivity index (χ1v) is 7.89. The Morgan fingerprint density at radius 1 is 1.35 bits per heavy atom. The summed E-state index contributed by atoms with van der Waals surface area (Å²) < 4.78 is 60.4. The molecule has 136 valence electrons. The first-order chi connectivity index (χ1) is 12.2. The summed E-state index contributed by atoms with van der Waals surface area (Å²) >= 11 is 0. The minimum atomic E-state index is -4.66. The number of rotatable bonds is 3. The van der Waals surface area contributed by atoms with Crippen LogP contribution in [0.4, 0.5) is 17.6 Å². The SMILES string of the molecule is O=C(O)CC1(C2=CC=C2)OCCc2c1[nH]c1c(F)ccc(C(F)(F)F)c21. The summed E-state index contributed by atoms with van der Waals surface area (Å²) in [7, 11) is 0. The van der Waals surface area contributed by atoms with Gasteiger partial charge in [0.1, 0.15) is 11.4 Å². The van der Waals surface area contributed by atoms with Gasteiger partial charge in [-0.3, -0.25) is 4.79 Å². The van der Waals surface area contributed by atoms with Gasteiger partial charge in [0.05, 0.1) is 29.8 Å². The van der Waals surface area contributed by atoms with Crippen LogP contribution in [0.5, 0.6) is 0 Å². The maximum absolute atomic E-state index is 14.3. The van der Waals surface area contributed by atoms with E-state index in [0.29, 0.717) is 11.6 Å². The average Bonchev–Trinajstić information content (AvgIpc) is 2.86. The quantitative estimate of drug-likeness (QED) is 0.804. The van der Waals surface area contributed by atoms with Crippen molar-refractivity contribution in [1.82, 2.24) is 4.98 Å². The Labute approximate surface area is 144 Å². The van der Waals surface area contributed by atoms with E-state index in [1.807, 2.05) is 0 Å². The zero-order valence-corrected chi connectivity index (χ0v) is 13.3. The number of benzene rings is 1. The van der Waals surface area contributed by atoms with Gasteiger partial charge in [-0.1, -0.05) is 18.2 Å². The lowest BCUT2D eigenvalue weighted by atomic mass is 9.79. The van der Waals surface area contributed by atoms with Crippen LogP contribution in [-0.2, 0) is 27.7 Å². The van der Waals surface area contributed by atoms with Crippen molar-refractivity contribution in [1.29, 1.82) is 0 Å². The summed E-state index contributed by atoms with van der Waals surface area (Å²) in [5.41, 5.74) is -1.73. The van der Waals surface area contributed by atoms with Gasteiger partial charge in [-0.15, -0.1) is 0 Å². The summed E-state index contributed by atoms with van der Waals surface area (Å²) in [6.07, 6.45) is -0.0480. The van der Waals surface area contributed by atoms with Gasteiger partial charge < -0.3 is 14.8 Å². The molecule has 2 N–H and O–H groups in total. The molecule has 0 fully saturated rings. The van der Waals surface area contributed by atoms with Crippen LogP contribution in [0.25, 0.3) is 10.9 Å². The van der Waals surface area contributed by atoms with Crippen LogP contribution in [0.2, 0.25) is 0 Å². The van der Waals surface area contributed by atoms with E-state index in [9.17, 15) is 27.5 Å². The minimum Gasteiger partial charge on any atom is -0.481 e. The van der Waals surface area contributed by atoms with E-state index in [1.54, 1.807) is 18.2 Å². The molecule has 1 aliphatic carbocycles. The number of nitrogens with one attached hydrogen (secondary N) is 1. The number of carbonyl (C=O) groups is 1. The number of fused-ring (bicyclic) bond motifs is 3. The second-order valence-corrected chi connectivity index (χ2v) is 6.30. The van der Waals surface area contributed by atoms with Gasteiger partial charge >= 0.3 is 12.1 Å². The number of ether oxygens (including phenoxy) is 1. The van der Waals surface area contributed by atoms with E-state index in [-0.39, 0.29) is 35.2 Å². The van der Waals surface area contributed by atoms with Crippen molar-refractivity contribution in [2.24, 2.45) is 0 Å². The Morgan fingerprint density at radius 2 is 2.08 bits per heavy atom. The molecule has 1 unspecified atom stereocenters. The number of allylic oxidation sites excluding steroid dienone is 2. The van der Waals surface area contributed by atoms with E-state index in [4.69, 9.17) is 4.74 Å². The smallest absolute Gasteiger partial charge is 0.417 e. The number of H-pyrrole nitrogens is 1. The molecule has 0 amide bonds. The van der Waals surface area contributed by atoms with Crippen LogP contribution in [0.1, 0.15) is 23.2 Å². The van der Waals surface area contributed by atoms with Crippen molar-refractivity contribution in [3.8, 4) is 0 Å². The molecule has 2 aliphatic rings. The van der Waals surface area contributed by atoms with Crippen LogP contribution in [0, 0.1) is 5.82 Å². The minimum absolute atomic E-state index is 0.0340. The third-order valence-electron chi connectivity index (χ3n) is 4.84. The largest absolute Gasteiger partial charge is 0.481 e. The number of halogens is 4. The summed E-state index contributed by atoms with van der Waals surface area (Å²) in [6.45, 7) is 0.0340. The maximum atomic E-state index is 14.3. The van der Waals surface area contributed by atoms with Gasteiger partial charge in [-0.2, -0.15) is 13.2 Å². The predicted molar refractivity (Wildman–Crippen MR) is 84.1 cm³/mol. The van der Waals surface area contributed by atoms with E-state index in [1.165, 1.54) is 0 Å². The lowest BCUT2D eigenvalue weighted by molar-refractivity contribution is -0.145. The Hall–Kier alpha value is -2.61. The molecule has 0 bridgehead atoms. The molecular formula is C18H13F4NO3. The zero-order valence-electron chi connectivity index (χ0n) is 13.3. The highest BCUT2D eigenvalue weighted by molar-refractivity contribution is 5.90. The summed E-state index contributed by atoms with van der Waals surface area (Å²) in [4.78, 5) is 14.1. The van der Waals surface area contributed by atoms with Crippen molar-refractivity contribution in [3.63, 3.8) is 0 Å². The topological polar surface area (TPSA) is 62.3 Å². The Balaban J connectivity index is 2.04. The molecule has 2 aromatic rings. The highest BCUT2D eigenvalue weighted by atomic mass is 19.4. The predicted octanol–water partition coefficient (Wildman–Crippen LogP) is 4.06. The van der Waals surface area contributed by atoms with Gasteiger partial charge in [0.15, 0.2) is 0 Å². The number of aliphatic carboxylic acids is 1. The number of hydrogen-bond donors (Lipinski definition) is 2. The highest BCUT2D eigenvalue weighted by Crippen LogP contribution is 2.48. The van der Waals surface area contributed by atoms with E-state index in [2.05, 4.69) is 4.98 Å². The second kappa shape index (κ2) is 5.44. The summed E-state index contributed by atoms with van der Waals surface area (Å²) in [6, 6.07) is 1.47. The van der Waals surface area contributed by atoms with E-state index < -0.39 is 35.5 Å². The fourth-order valence-corrected chi connectivity index (χ4v) is 3.71. The summed E-state index contributed by atoms with van der Waals surface area (Å²) in [5, 5.41) is 9.08. The number of aromatic amines is 1. The monoisotopic (exact) mass is 367 g/mol. The van der Waals surface area contributed by atoms with Gasteiger partial charge in [0.2, 0.25) is 0 Å². The molecule has 0 spiro atoms. The molecule has 0 radical (unpaired) electrons. The average molecular weight is 367 g/mol.